The Morgan fingerprint density at radius 3 is 2.42 bits per heavy atom. The average molecular weight is 372 g/mol. The minimum absolute atomic E-state index is 0.343. The molecule has 0 bridgehead atoms. The predicted molar refractivity (Wildman–Crippen MR) is 104 cm³/mol. The number of nitrogens with one attached hydrogen (secondary N) is 2. The van der Waals surface area contributed by atoms with Gasteiger partial charge in [0.25, 0.3) is 0 Å². The average Bonchev–Trinajstić information content (AvgIpc) is 2.64. The van der Waals surface area contributed by atoms with E-state index in [9.17, 15) is 8.42 Å². The molecule has 5 nitrogen and oxygen atoms in total. The second-order valence-corrected chi connectivity index (χ2v) is 8.89. The topological polar surface area (TPSA) is 61.4 Å². The lowest BCUT2D eigenvalue weighted by molar-refractivity contribution is 0.164. The molecule has 2 aliphatic rings. The second-order valence-electron chi connectivity index (χ2n) is 7.24. The standard InChI is InChI=1S/C20H25N3O2S/c24-26(25)19-11-5-4-10-18(19)21-20(22-26)12-15-23(16-13-20)14-6-9-17-7-2-1-3-8-17/h1-5,7-8,10-11,21-22H,6,9,12-16H2. The van der Waals surface area contributed by atoms with E-state index in [1.165, 1.54) is 5.56 Å². The van der Waals surface area contributed by atoms with Gasteiger partial charge in [-0.15, -0.1) is 0 Å². The fourth-order valence-electron chi connectivity index (χ4n) is 3.94. The number of hydrogen-bond acceptors (Lipinski definition) is 4. The number of aryl methyl sites for hydroxylation is 1. The number of hydrogen-bond donors (Lipinski definition) is 2. The van der Waals surface area contributed by atoms with Gasteiger partial charge < -0.3 is 10.2 Å². The van der Waals surface area contributed by atoms with Crippen molar-refractivity contribution in [1.82, 2.24) is 9.62 Å². The highest BCUT2D eigenvalue weighted by atomic mass is 32.2. The summed E-state index contributed by atoms with van der Waals surface area (Å²) in [4.78, 5) is 2.78. The lowest BCUT2D eigenvalue weighted by Gasteiger charge is -2.45. The summed E-state index contributed by atoms with van der Waals surface area (Å²) in [5, 5.41) is 3.45. The van der Waals surface area contributed by atoms with Gasteiger partial charge in [-0.2, -0.15) is 4.72 Å². The first-order chi connectivity index (χ1) is 12.6. The first-order valence-electron chi connectivity index (χ1n) is 9.24. The molecular weight excluding hydrogens is 346 g/mol. The molecule has 1 spiro atoms. The normalized spacial score (nSPS) is 21.1. The summed E-state index contributed by atoms with van der Waals surface area (Å²) >= 11 is 0. The van der Waals surface area contributed by atoms with Crippen LogP contribution in [0, 0.1) is 0 Å². The van der Waals surface area contributed by atoms with Crippen LogP contribution in [0.15, 0.2) is 59.5 Å². The van der Waals surface area contributed by atoms with E-state index in [0.29, 0.717) is 10.6 Å². The second kappa shape index (κ2) is 7.02. The Labute approximate surface area is 155 Å². The molecule has 0 unspecified atom stereocenters. The van der Waals surface area contributed by atoms with Crippen LogP contribution >= 0.6 is 0 Å². The molecule has 0 atom stereocenters. The quantitative estimate of drug-likeness (QED) is 0.868. The van der Waals surface area contributed by atoms with Gasteiger partial charge >= 0.3 is 0 Å². The molecule has 0 aromatic heterocycles. The number of piperidine rings is 1. The van der Waals surface area contributed by atoms with Crippen LogP contribution in [0.3, 0.4) is 0 Å². The summed E-state index contributed by atoms with van der Waals surface area (Å²) in [6, 6.07) is 17.7. The van der Waals surface area contributed by atoms with Crippen molar-refractivity contribution in [3.8, 4) is 0 Å². The number of rotatable bonds is 4. The maximum absolute atomic E-state index is 12.6. The lowest BCUT2D eigenvalue weighted by atomic mass is 9.96. The zero-order valence-corrected chi connectivity index (χ0v) is 15.6. The highest BCUT2D eigenvalue weighted by Gasteiger charge is 2.42. The third-order valence-corrected chi connectivity index (χ3v) is 6.97. The predicted octanol–water partition coefficient (Wildman–Crippen LogP) is 2.82. The first-order valence-corrected chi connectivity index (χ1v) is 10.7. The van der Waals surface area contributed by atoms with Crippen molar-refractivity contribution in [3.63, 3.8) is 0 Å². The Bertz CT molecular complexity index is 860. The Morgan fingerprint density at radius 1 is 0.962 bits per heavy atom. The number of likely N-dealkylation sites (tertiary alicyclic amines) is 1. The molecule has 0 radical (unpaired) electrons. The van der Waals surface area contributed by atoms with Crippen molar-refractivity contribution in [2.75, 3.05) is 25.0 Å². The fraction of sp³-hybridized carbons (Fsp3) is 0.400. The minimum Gasteiger partial charge on any atom is -0.365 e. The molecule has 2 aromatic carbocycles. The zero-order chi connectivity index (χ0) is 18.0. The molecule has 2 heterocycles. The van der Waals surface area contributed by atoms with Gasteiger partial charge in [0.2, 0.25) is 10.0 Å². The van der Waals surface area contributed by atoms with Crippen molar-refractivity contribution in [3.05, 3.63) is 60.2 Å². The van der Waals surface area contributed by atoms with Gasteiger partial charge in [0, 0.05) is 13.1 Å². The number of benzene rings is 2. The molecule has 0 amide bonds. The number of para-hydroxylation sites is 1. The van der Waals surface area contributed by atoms with Crippen LogP contribution in [-0.4, -0.2) is 38.6 Å². The van der Waals surface area contributed by atoms with E-state index in [4.69, 9.17) is 0 Å². The summed E-state index contributed by atoms with van der Waals surface area (Å²) in [7, 11) is -3.45. The summed E-state index contributed by atoms with van der Waals surface area (Å²) in [6.07, 6.45) is 3.75. The summed E-state index contributed by atoms with van der Waals surface area (Å²) in [5.41, 5.74) is 1.53. The molecule has 1 saturated heterocycles. The van der Waals surface area contributed by atoms with Gasteiger partial charge in [-0.3, -0.25) is 0 Å². The molecule has 0 aliphatic carbocycles. The van der Waals surface area contributed by atoms with Crippen molar-refractivity contribution in [1.29, 1.82) is 0 Å². The summed E-state index contributed by atoms with van der Waals surface area (Å²) < 4.78 is 28.1. The highest BCUT2D eigenvalue weighted by Crippen LogP contribution is 2.34. The Hall–Kier alpha value is -1.89. The molecular formula is C20H25N3O2S. The number of nitrogens with zero attached hydrogens (tertiary/aromatic N) is 1. The molecule has 2 aromatic rings. The maximum Gasteiger partial charge on any atom is 0.244 e. The van der Waals surface area contributed by atoms with E-state index < -0.39 is 15.7 Å². The molecule has 2 aliphatic heterocycles. The number of anilines is 1. The lowest BCUT2D eigenvalue weighted by Crippen LogP contribution is -2.62. The smallest absolute Gasteiger partial charge is 0.244 e. The molecule has 4 rings (SSSR count). The monoisotopic (exact) mass is 371 g/mol. The summed E-state index contributed by atoms with van der Waals surface area (Å²) in [6.45, 7) is 2.84. The summed E-state index contributed by atoms with van der Waals surface area (Å²) in [5.74, 6) is 0. The Kier molecular flexibility index (Phi) is 4.73. The highest BCUT2D eigenvalue weighted by molar-refractivity contribution is 7.89. The number of sulfonamides is 1. The first kappa shape index (κ1) is 17.5. The van der Waals surface area contributed by atoms with Crippen LogP contribution in [0.2, 0.25) is 0 Å². The van der Waals surface area contributed by atoms with Crippen molar-refractivity contribution in [2.45, 2.75) is 36.2 Å². The van der Waals surface area contributed by atoms with E-state index in [0.717, 1.165) is 45.3 Å². The van der Waals surface area contributed by atoms with Crippen LogP contribution in [0.25, 0.3) is 0 Å². The van der Waals surface area contributed by atoms with Crippen LogP contribution < -0.4 is 10.0 Å². The SMILES string of the molecule is O=S1(=O)NC2(CCN(CCCc3ccccc3)CC2)Nc2ccccc21. The molecule has 138 valence electrons. The van der Waals surface area contributed by atoms with Crippen molar-refractivity contribution >= 4 is 15.7 Å². The van der Waals surface area contributed by atoms with Gasteiger partial charge in [-0.05, 0) is 49.9 Å². The van der Waals surface area contributed by atoms with E-state index in [1.807, 2.05) is 18.2 Å². The zero-order valence-electron chi connectivity index (χ0n) is 14.8. The molecule has 1 fully saturated rings. The Morgan fingerprint density at radius 2 is 1.65 bits per heavy atom. The van der Waals surface area contributed by atoms with Crippen LogP contribution in [0.5, 0.6) is 0 Å². The fourth-order valence-corrected chi connectivity index (χ4v) is 5.48. The number of fused-ring (bicyclic) bond motifs is 1. The van der Waals surface area contributed by atoms with Crippen LogP contribution in [-0.2, 0) is 16.4 Å². The minimum atomic E-state index is -3.45. The van der Waals surface area contributed by atoms with Gasteiger partial charge in [0.05, 0.1) is 5.69 Å². The third kappa shape index (κ3) is 3.63. The maximum atomic E-state index is 12.6. The van der Waals surface area contributed by atoms with Gasteiger partial charge in [0.1, 0.15) is 10.6 Å². The third-order valence-electron chi connectivity index (χ3n) is 5.37. The van der Waals surface area contributed by atoms with Gasteiger partial charge in [-0.25, -0.2) is 8.42 Å². The van der Waals surface area contributed by atoms with E-state index in [-0.39, 0.29) is 0 Å². The van der Waals surface area contributed by atoms with Gasteiger partial charge in [-0.1, -0.05) is 42.5 Å². The van der Waals surface area contributed by atoms with Gasteiger partial charge in [0.15, 0.2) is 0 Å². The Balaban J connectivity index is 1.35. The van der Waals surface area contributed by atoms with Crippen molar-refractivity contribution < 1.29 is 8.42 Å². The molecule has 6 heteroatoms. The van der Waals surface area contributed by atoms with E-state index in [2.05, 4.69) is 39.2 Å². The molecule has 0 saturated carbocycles. The molecule has 26 heavy (non-hydrogen) atoms. The van der Waals surface area contributed by atoms with Crippen LogP contribution in [0.1, 0.15) is 24.8 Å². The van der Waals surface area contributed by atoms with Crippen LogP contribution in [0.4, 0.5) is 5.69 Å². The van der Waals surface area contributed by atoms with E-state index in [1.54, 1.807) is 12.1 Å². The largest absolute Gasteiger partial charge is 0.365 e. The molecule has 2 N–H and O–H groups in total. The van der Waals surface area contributed by atoms with Crippen molar-refractivity contribution in [2.24, 2.45) is 0 Å². The van der Waals surface area contributed by atoms with E-state index >= 15 is 0 Å².